The molecule has 2 heterocycles. The van der Waals surface area contributed by atoms with E-state index in [2.05, 4.69) is 22.2 Å². The summed E-state index contributed by atoms with van der Waals surface area (Å²) in [4.78, 5) is 59.4. The third-order valence-corrected chi connectivity index (χ3v) is 8.68. The summed E-state index contributed by atoms with van der Waals surface area (Å²) < 4.78 is 11.7. The molecule has 2 N–H and O–H groups in total. The van der Waals surface area contributed by atoms with Crippen LogP contribution >= 0.6 is 0 Å². The van der Waals surface area contributed by atoms with E-state index in [1.165, 1.54) is 12.0 Å². The van der Waals surface area contributed by atoms with Gasteiger partial charge in [-0.25, -0.2) is 0 Å². The van der Waals surface area contributed by atoms with E-state index in [1.54, 1.807) is 49.5 Å². The fraction of sp³-hybridized carbons (Fsp3) is 0.351. The number of nitrogens with zero attached hydrogens (tertiary/aromatic N) is 3. The number of aryl methyl sites for hydroxylation is 1. The van der Waals surface area contributed by atoms with Gasteiger partial charge < -0.3 is 34.5 Å². The van der Waals surface area contributed by atoms with Gasteiger partial charge in [-0.05, 0) is 87.3 Å². The zero-order valence-corrected chi connectivity index (χ0v) is 28.0. The fourth-order valence-electron chi connectivity index (χ4n) is 5.82. The number of benzene rings is 3. The molecule has 1 aromatic heterocycles. The number of amides is 3. The molecule has 0 radical (unpaired) electrons. The standard InChI is InChI=1S/C37H43N5O6/c1-25-12-15-32(34(21-25)48-20-7-5-6-11-35(44)42-18-16-40(2)17-19-42)41(3)37(46)26-13-14-31(33(22-26)47-4)39-36(45)28-9-8-10-30-29(28)23-27(24-43)38-30/h8-10,12-15,21-24,38H,5-7,11,16-20H2,1-4H3,(H,39,45). The number of carbonyl (C=O) groups excluding carboxylic acids is 4. The predicted molar refractivity (Wildman–Crippen MR) is 187 cm³/mol. The van der Waals surface area contributed by atoms with Crippen molar-refractivity contribution in [2.75, 3.05) is 64.2 Å². The lowest BCUT2D eigenvalue weighted by atomic mass is 10.1. The number of nitrogens with one attached hydrogen (secondary N) is 2. The second kappa shape index (κ2) is 15.6. The number of H-pyrrole nitrogens is 1. The first-order chi connectivity index (χ1) is 23.2. The van der Waals surface area contributed by atoms with Crippen LogP contribution in [0.4, 0.5) is 11.4 Å². The topological polar surface area (TPSA) is 124 Å². The molecule has 0 bridgehead atoms. The first-order valence-electron chi connectivity index (χ1n) is 16.2. The highest BCUT2D eigenvalue weighted by Gasteiger charge is 2.21. The van der Waals surface area contributed by atoms with Crippen LogP contribution in [0.25, 0.3) is 10.9 Å². The van der Waals surface area contributed by atoms with Crippen LogP contribution in [0.3, 0.4) is 0 Å². The van der Waals surface area contributed by atoms with Gasteiger partial charge in [-0.3, -0.25) is 19.2 Å². The van der Waals surface area contributed by atoms with Gasteiger partial charge in [-0.15, -0.1) is 0 Å². The summed E-state index contributed by atoms with van der Waals surface area (Å²) in [6.07, 6.45) is 3.73. The monoisotopic (exact) mass is 653 g/mol. The lowest BCUT2D eigenvalue weighted by molar-refractivity contribution is -0.132. The number of aromatic amines is 1. The largest absolute Gasteiger partial charge is 0.495 e. The summed E-state index contributed by atoms with van der Waals surface area (Å²) in [5.41, 5.74) is 3.84. The molecule has 0 atom stereocenters. The second-order valence-electron chi connectivity index (χ2n) is 12.2. The van der Waals surface area contributed by atoms with Crippen LogP contribution < -0.4 is 19.7 Å². The Morgan fingerprint density at radius 2 is 1.75 bits per heavy atom. The van der Waals surface area contributed by atoms with Crippen molar-refractivity contribution in [1.29, 1.82) is 0 Å². The van der Waals surface area contributed by atoms with Gasteiger partial charge in [-0.1, -0.05) is 12.1 Å². The second-order valence-corrected chi connectivity index (χ2v) is 12.2. The van der Waals surface area contributed by atoms with Crippen LogP contribution in [-0.2, 0) is 4.79 Å². The number of unbranched alkanes of at least 4 members (excludes halogenated alkanes) is 2. The Morgan fingerprint density at radius 3 is 2.50 bits per heavy atom. The number of aldehydes is 1. The molecule has 5 rings (SSSR count). The summed E-state index contributed by atoms with van der Waals surface area (Å²) in [5.74, 6) is 0.492. The molecule has 0 saturated carbocycles. The highest BCUT2D eigenvalue weighted by Crippen LogP contribution is 2.32. The molecule has 0 aliphatic carbocycles. The molecule has 1 saturated heterocycles. The number of ether oxygens (including phenoxy) is 2. The molecule has 1 aliphatic rings. The fourth-order valence-corrected chi connectivity index (χ4v) is 5.82. The Balaban J connectivity index is 1.19. The van der Waals surface area contributed by atoms with Crippen LogP contribution in [0.15, 0.2) is 60.7 Å². The number of fused-ring (bicyclic) bond motifs is 1. The molecule has 3 aromatic carbocycles. The maximum absolute atomic E-state index is 13.7. The van der Waals surface area contributed by atoms with Crippen LogP contribution in [-0.4, -0.2) is 92.8 Å². The van der Waals surface area contributed by atoms with Crippen molar-refractivity contribution in [2.24, 2.45) is 0 Å². The Hall–Kier alpha value is -5.16. The maximum atomic E-state index is 13.7. The van der Waals surface area contributed by atoms with Crippen LogP contribution in [0.5, 0.6) is 11.5 Å². The third kappa shape index (κ3) is 8.03. The van der Waals surface area contributed by atoms with Gasteiger partial charge in [-0.2, -0.15) is 0 Å². The van der Waals surface area contributed by atoms with E-state index in [-0.39, 0.29) is 17.7 Å². The minimum absolute atomic E-state index is 0.223. The molecular formula is C37H43N5O6. The van der Waals surface area contributed by atoms with Gasteiger partial charge in [0, 0.05) is 61.7 Å². The number of hydrogen-bond donors (Lipinski definition) is 2. The average molecular weight is 654 g/mol. The first-order valence-corrected chi connectivity index (χ1v) is 16.2. The predicted octanol–water partition coefficient (Wildman–Crippen LogP) is 5.54. The number of rotatable bonds is 13. The molecule has 0 unspecified atom stereocenters. The van der Waals surface area contributed by atoms with E-state index in [1.807, 2.05) is 30.0 Å². The Morgan fingerprint density at radius 1 is 0.958 bits per heavy atom. The van der Waals surface area contributed by atoms with E-state index >= 15 is 0 Å². The van der Waals surface area contributed by atoms with Gasteiger partial charge >= 0.3 is 0 Å². The van der Waals surface area contributed by atoms with Crippen molar-refractivity contribution >= 4 is 46.3 Å². The van der Waals surface area contributed by atoms with Gasteiger partial charge in [0.15, 0.2) is 6.29 Å². The van der Waals surface area contributed by atoms with E-state index in [0.717, 1.165) is 51.0 Å². The highest BCUT2D eigenvalue weighted by atomic mass is 16.5. The van der Waals surface area contributed by atoms with E-state index in [0.29, 0.717) is 69.9 Å². The van der Waals surface area contributed by atoms with Gasteiger partial charge in [0.2, 0.25) is 5.91 Å². The minimum Gasteiger partial charge on any atom is -0.495 e. The van der Waals surface area contributed by atoms with Crippen molar-refractivity contribution in [1.82, 2.24) is 14.8 Å². The lowest BCUT2D eigenvalue weighted by Gasteiger charge is -2.32. The number of anilines is 2. The van der Waals surface area contributed by atoms with Crippen molar-refractivity contribution in [3.05, 3.63) is 83.0 Å². The van der Waals surface area contributed by atoms with E-state index in [4.69, 9.17) is 9.47 Å². The summed E-state index contributed by atoms with van der Waals surface area (Å²) in [7, 11) is 5.24. The summed E-state index contributed by atoms with van der Waals surface area (Å²) >= 11 is 0. The van der Waals surface area contributed by atoms with Crippen molar-refractivity contribution in [3.63, 3.8) is 0 Å². The van der Waals surface area contributed by atoms with Gasteiger partial charge in [0.1, 0.15) is 11.5 Å². The number of piperazine rings is 1. The molecule has 4 aromatic rings. The van der Waals surface area contributed by atoms with Gasteiger partial charge in [0.25, 0.3) is 11.8 Å². The number of aromatic nitrogens is 1. The van der Waals surface area contributed by atoms with Crippen LogP contribution in [0, 0.1) is 6.92 Å². The quantitative estimate of drug-likeness (QED) is 0.143. The molecule has 0 spiro atoms. The number of carbonyl (C=O) groups is 4. The van der Waals surface area contributed by atoms with Crippen molar-refractivity contribution in [3.8, 4) is 11.5 Å². The molecular weight excluding hydrogens is 610 g/mol. The molecule has 1 fully saturated rings. The molecule has 11 heteroatoms. The Bertz CT molecular complexity index is 1790. The summed E-state index contributed by atoms with van der Waals surface area (Å²) in [5, 5.41) is 3.49. The van der Waals surface area contributed by atoms with Gasteiger partial charge in [0.05, 0.1) is 30.8 Å². The number of hydrogen-bond acceptors (Lipinski definition) is 7. The molecule has 252 valence electrons. The van der Waals surface area contributed by atoms with Crippen LogP contribution in [0.1, 0.15) is 62.5 Å². The number of likely N-dealkylation sites (N-methyl/N-ethyl adjacent to an activating group) is 1. The average Bonchev–Trinajstić information content (AvgIpc) is 3.53. The van der Waals surface area contributed by atoms with Crippen molar-refractivity contribution in [2.45, 2.75) is 32.6 Å². The molecule has 11 nitrogen and oxygen atoms in total. The first kappa shape index (κ1) is 34.2. The zero-order chi connectivity index (χ0) is 34.2. The van der Waals surface area contributed by atoms with E-state index in [9.17, 15) is 19.2 Å². The smallest absolute Gasteiger partial charge is 0.258 e. The minimum atomic E-state index is -0.380. The molecule has 3 amide bonds. The summed E-state index contributed by atoms with van der Waals surface area (Å²) in [6, 6.07) is 17.4. The Kier molecular flexibility index (Phi) is 11.1. The SMILES string of the molecule is COc1cc(C(=O)N(C)c2ccc(C)cc2OCCCCCC(=O)N2CCN(C)CC2)ccc1NC(=O)c1cccc2[nH]c(C=O)cc12. The van der Waals surface area contributed by atoms with Crippen molar-refractivity contribution < 1.29 is 28.7 Å². The third-order valence-electron chi connectivity index (χ3n) is 8.68. The molecule has 48 heavy (non-hydrogen) atoms. The highest BCUT2D eigenvalue weighted by molar-refractivity contribution is 6.14. The van der Waals surface area contributed by atoms with E-state index < -0.39 is 0 Å². The lowest BCUT2D eigenvalue weighted by Crippen LogP contribution is -2.47. The van der Waals surface area contributed by atoms with Crippen LogP contribution in [0.2, 0.25) is 0 Å². The molecule has 1 aliphatic heterocycles. The Labute approximate surface area is 280 Å². The zero-order valence-electron chi connectivity index (χ0n) is 28.0. The normalized spacial score (nSPS) is 13.3. The summed E-state index contributed by atoms with van der Waals surface area (Å²) in [6.45, 7) is 5.87. The number of methoxy groups -OCH3 is 1. The maximum Gasteiger partial charge on any atom is 0.258 e.